The van der Waals surface area contributed by atoms with Crippen LogP contribution in [0.4, 0.5) is 0 Å². The number of aromatic amines is 1. The third-order valence-corrected chi connectivity index (χ3v) is 2.45. The van der Waals surface area contributed by atoms with Gasteiger partial charge in [0.2, 0.25) is 0 Å². The lowest BCUT2D eigenvalue weighted by Gasteiger charge is -1.98. The number of nitrogens with one attached hydrogen (secondary N) is 1. The molecular weight excluding hydrogens is 200 g/mol. The molecule has 0 atom stereocenters. The molecule has 3 aromatic rings. The van der Waals surface area contributed by atoms with Crippen molar-refractivity contribution in [3.8, 4) is 0 Å². The first kappa shape index (κ1) is 7.70. The van der Waals surface area contributed by atoms with E-state index in [1.165, 1.54) is 0 Å². The molecule has 0 fully saturated rings. The maximum absolute atomic E-state index is 6.07. The van der Waals surface area contributed by atoms with Gasteiger partial charge >= 0.3 is 0 Å². The summed E-state index contributed by atoms with van der Waals surface area (Å²) in [6.07, 6.45) is 5.07. The Bertz CT molecular complexity index is 616. The Kier molecular flexibility index (Phi) is 1.46. The first-order chi connectivity index (χ1) is 6.86. The molecule has 0 aliphatic rings. The maximum atomic E-state index is 6.07. The summed E-state index contributed by atoms with van der Waals surface area (Å²) in [4.78, 5) is 8.31. The lowest BCUT2D eigenvalue weighted by Crippen LogP contribution is -1.84. The quantitative estimate of drug-likeness (QED) is 0.611. The van der Waals surface area contributed by atoms with Crippen molar-refractivity contribution in [3.05, 3.63) is 29.7 Å². The van der Waals surface area contributed by atoms with Gasteiger partial charge < -0.3 is 0 Å². The van der Waals surface area contributed by atoms with Crippen molar-refractivity contribution >= 4 is 33.5 Å². The van der Waals surface area contributed by atoms with E-state index in [9.17, 15) is 0 Å². The van der Waals surface area contributed by atoms with Crippen LogP contribution in [0.1, 0.15) is 0 Å². The number of halogens is 1. The van der Waals surface area contributed by atoms with E-state index >= 15 is 0 Å². The Morgan fingerprint density at radius 3 is 3.07 bits per heavy atom. The third kappa shape index (κ3) is 0.914. The van der Waals surface area contributed by atoms with Gasteiger partial charge in [-0.25, -0.2) is 9.97 Å². The zero-order valence-electron chi connectivity index (χ0n) is 7.03. The second-order valence-electron chi connectivity index (χ2n) is 2.95. The number of nitrogens with zero attached hydrogens (tertiary/aromatic N) is 3. The van der Waals surface area contributed by atoms with Crippen LogP contribution in [0.15, 0.2) is 24.7 Å². The molecule has 0 spiro atoms. The van der Waals surface area contributed by atoms with Crippen LogP contribution in [0, 0.1) is 0 Å². The monoisotopic (exact) mass is 204 g/mol. The highest BCUT2D eigenvalue weighted by molar-refractivity contribution is 6.37. The van der Waals surface area contributed by atoms with Gasteiger partial charge in [0.25, 0.3) is 0 Å². The molecule has 4 nitrogen and oxygen atoms in total. The van der Waals surface area contributed by atoms with Gasteiger partial charge in [-0.1, -0.05) is 11.6 Å². The molecular formula is C9H5ClN4. The molecule has 0 amide bonds. The first-order valence-corrected chi connectivity index (χ1v) is 4.46. The number of fused-ring (bicyclic) bond motifs is 3. The minimum atomic E-state index is 0.645. The summed E-state index contributed by atoms with van der Waals surface area (Å²) in [5.74, 6) is 0. The maximum Gasteiger partial charge on any atom is 0.161 e. The van der Waals surface area contributed by atoms with Crippen LogP contribution in [0.5, 0.6) is 0 Å². The molecule has 0 saturated carbocycles. The van der Waals surface area contributed by atoms with E-state index < -0.39 is 0 Å². The second-order valence-corrected chi connectivity index (χ2v) is 3.35. The summed E-state index contributed by atoms with van der Waals surface area (Å²) >= 11 is 6.07. The molecule has 5 heteroatoms. The van der Waals surface area contributed by atoms with Crippen LogP contribution in [-0.4, -0.2) is 20.2 Å². The molecule has 0 aliphatic heterocycles. The van der Waals surface area contributed by atoms with Crippen molar-refractivity contribution in [2.45, 2.75) is 0 Å². The SMILES string of the molecule is Clc1ccnc2ncc3[nH]ncc3c12. The highest BCUT2D eigenvalue weighted by atomic mass is 35.5. The fourth-order valence-electron chi connectivity index (χ4n) is 1.49. The van der Waals surface area contributed by atoms with Gasteiger partial charge in [0, 0.05) is 17.0 Å². The highest BCUT2D eigenvalue weighted by Crippen LogP contribution is 2.26. The van der Waals surface area contributed by atoms with E-state index in [1.54, 1.807) is 24.7 Å². The third-order valence-electron chi connectivity index (χ3n) is 2.13. The molecule has 0 radical (unpaired) electrons. The standard InChI is InChI=1S/C9H5ClN4/c10-6-1-2-11-9-8(6)5-3-13-14-7(5)4-12-9/h1-4H,(H,13,14). The van der Waals surface area contributed by atoms with Crippen LogP contribution < -0.4 is 0 Å². The Hall–Kier alpha value is -1.68. The van der Waals surface area contributed by atoms with Crippen molar-refractivity contribution in [2.24, 2.45) is 0 Å². The van der Waals surface area contributed by atoms with E-state index in [0.29, 0.717) is 10.7 Å². The Labute approximate surface area is 83.9 Å². The summed E-state index contributed by atoms with van der Waals surface area (Å²) in [6, 6.07) is 1.75. The first-order valence-electron chi connectivity index (χ1n) is 4.08. The van der Waals surface area contributed by atoms with Crippen molar-refractivity contribution in [2.75, 3.05) is 0 Å². The number of aromatic nitrogens is 4. The fraction of sp³-hybridized carbons (Fsp3) is 0. The van der Waals surface area contributed by atoms with E-state index in [2.05, 4.69) is 20.2 Å². The molecule has 3 rings (SSSR count). The molecule has 1 N–H and O–H groups in total. The summed E-state index contributed by atoms with van der Waals surface area (Å²) < 4.78 is 0. The molecule has 0 aliphatic carbocycles. The number of hydrogen-bond donors (Lipinski definition) is 1. The topological polar surface area (TPSA) is 54.5 Å². The van der Waals surface area contributed by atoms with E-state index in [1.807, 2.05) is 0 Å². The van der Waals surface area contributed by atoms with Crippen molar-refractivity contribution in [3.63, 3.8) is 0 Å². The van der Waals surface area contributed by atoms with E-state index in [4.69, 9.17) is 11.6 Å². The van der Waals surface area contributed by atoms with Gasteiger partial charge in [0.1, 0.15) is 0 Å². The zero-order valence-corrected chi connectivity index (χ0v) is 7.78. The van der Waals surface area contributed by atoms with Crippen LogP contribution in [-0.2, 0) is 0 Å². The normalized spacial score (nSPS) is 11.2. The van der Waals surface area contributed by atoms with Crippen LogP contribution in [0.25, 0.3) is 21.9 Å². The molecule has 0 unspecified atom stereocenters. The summed E-state index contributed by atoms with van der Waals surface area (Å²) in [5.41, 5.74) is 1.51. The molecule has 14 heavy (non-hydrogen) atoms. The number of hydrogen-bond acceptors (Lipinski definition) is 3. The van der Waals surface area contributed by atoms with Crippen molar-refractivity contribution in [1.82, 2.24) is 20.2 Å². The fourth-order valence-corrected chi connectivity index (χ4v) is 1.74. The zero-order chi connectivity index (χ0) is 9.54. The van der Waals surface area contributed by atoms with Crippen LogP contribution in [0.3, 0.4) is 0 Å². The van der Waals surface area contributed by atoms with Crippen LogP contribution >= 0.6 is 11.6 Å². The van der Waals surface area contributed by atoms with Crippen LogP contribution in [0.2, 0.25) is 5.02 Å². The minimum absolute atomic E-state index is 0.645. The van der Waals surface area contributed by atoms with Crippen molar-refractivity contribution < 1.29 is 0 Å². The average Bonchev–Trinajstić information content (AvgIpc) is 2.65. The Morgan fingerprint density at radius 2 is 2.14 bits per heavy atom. The average molecular weight is 205 g/mol. The molecule has 0 saturated heterocycles. The highest BCUT2D eigenvalue weighted by Gasteiger charge is 2.06. The minimum Gasteiger partial charge on any atom is -0.276 e. The number of pyridine rings is 2. The van der Waals surface area contributed by atoms with E-state index in [0.717, 1.165) is 16.3 Å². The van der Waals surface area contributed by atoms with Crippen molar-refractivity contribution in [1.29, 1.82) is 0 Å². The van der Waals surface area contributed by atoms with Gasteiger partial charge in [-0.3, -0.25) is 5.10 Å². The predicted octanol–water partition coefficient (Wildman–Crippen LogP) is 2.16. The van der Waals surface area contributed by atoms with E-state index in [-0.39, 0.29) is 0 Å². The second kappa shape index (κ2) is 2.65. The van der Waals surface area contributed by atoms with Gasteiger partial charge in [0.15, 0.2) is 5.65 Å². The molecule has 0 bridgehead atoms. The Balaban J connectivity index is 2.67. The molecule has 0 aromatic carbocycles. The summed E-state index contributed by atoms with van der Waals surface area (Å²) in [6.45, 7) is 0. The smallest absolute Gasteiger partial charge is 0.161 e. The lowest BCUT2D eigenvalue weighted by molar-refractivity contribution is 1.11. The molecule has 3 heterocycles. The number of rotatable bonds is 0. The molecule has 3 aromatic heterocycles. The summed E-state index contributed by atoms with van der Waals surface area (Å²) in [7, 11) is 0. The molecule has 68 valence electrons. The van der Waals surface area contributed by atoms with Gasteiger partial charge in [0.05, 0.1) is 22.9 Å². The lowest BCUT2D eigenvalue weighted by atomic mass is 10.2. The van der Waals surface area contributed by atoms with Gasteiger partial charge in [-0.15, -0.1) is 0 Å². The number of H-pyrrole nitrogens is 1. The predicted molar refractivity (Wildman–Crippen MR) is 54.2 cm³/mol. The Morgan fingerprint density at radius 1 is 1.21 bits per heavy atom. The van der Waals surface area contributed by atoms with Gasteiger partial charge in [-0.05, 0) is 6.07 Å². The van der Waals surface area contributed by atoms with Gasteiger partial charge in [-0.2, -0.15) is 5.10 Å². The largest absolute Gasteiger partial charge is 0.276 e. The summed E-state index contributed by atoms with van der Waals surface area (Å²) in [5, 5.41) is 9.23.